The molecule has 0 radical (unpaired) electrons. The van der Waals surface area contributed by atoms with E-state index in [4.69, 9.17) is 5.11 Å². The third-order valence-electron chi connectivity index (χ3n) is 4.72. The summed E-state index contributed by atoms with van der Waals surface area (Å²) in [7, 11) is 1.72. The van der Waals surface area contributed by atoms with Crippen molar-refractivity contribution in [3.8, 4) is 17.0 Å². The number of nitrogens with one attached hydrogen (secondary N) is 1. The van der Waals surface area contributed by atoms with Crippen molar-refractivity contribution < 1.29 is 19.8 Å². The van der Waals surface area contributed by atoms with Crippen LogP contribution in [0.3, 0.4) is 0 Å². The van der Waals surface area contributed by atoms with Gasteiger partial charge in [0.15, 0.2) is 11.4 Å². The monoisotopic (exact) mass is 406 g/mol. The van der Waals surface area contributed by atoms with Gasteiger partial charge in [-0.3, -0.25) is 9.48 Å². The molecule has 3 rings (SSSR count). The van der Waals surface area contributed by atoms with Crippen molar-refractivity contribution in [2.45, 2.75) is 20.3 Å². The standard InChI is InChI=1S/C22H22N4O4/c1-4-14-5-7-15(8-6-14)19-20(27)18(25-26(19)3)13(2)23-24-21(28)16-9-11-17(12-10-16)22(29)30/h5-12,27H,4H2,1-3H3,(H,24,28)(H,29,30)/b23-13-. The fourth-order valence-corrected chi connectivity index (χ4v) is 2.99. The Bertz CT molecular complexity index is 1110. The van der Waals surface area contributed by atoms with Gasteiger partial charge in [0, 0.05) is 18.2 Å². The molecule has 0 aliphatic heterocycles. The maximum atomic E-state index is 12.2. The predicted octanol–water partition coefficient (Wildman–Crippen LogP) is 3.21. The minimum absolute atomic E-state index is 0.0249. The fraction of sp³-hybridized carbons (Fsp3) is 0.182. The molecule has 154 valence electrons. The van der Waals surface area contributed by atoms with Crippen LogP contribution in [0.15, 0.2) is 53.6 Å². The first kappa shape index (κ1) is 20.8. The number of aromatic nitrogens is 2. The van der Waals surface area contributed by atoms with Gasteiger partial charge in [-0.05, 0) is 43.2 Å². The number of hydrazone groups is 1. The van der Waals surface area contributed by atoms with Crippen LogP contribution < -0.4 is 5.43 Å². The van der Waals surface area contributed by atoms with Crippen LogP contribution in [-0.2, 0) is 13.5 Å². The lowest BCUT2D eigenvalue weighted by Crippen LogP contribution is -2.19. The molecule has 30 heavy (non-hydrogen) atoms. The molecule has 0 atom stereocenters. The van der Waals surface area contributed by atoms with Gasteiger partial charge in [0.05, 0.1) is 11.3 Å². The van der Waals surface area contributed by atoms with Gasteiger partial charge < -0.3 is 10.2 Å². The molecule has 2 aromatic carbocycles. The Hall–Kier alpha value is -3.94. The molecule has 0 saturated carbocycles. The van der Waals surface area contributed by atoms with Gasteiger partial charge in [0.1, 0.15) is 5.69 Å². The average molecular weight is 406 g/mol. The maximum absolute atomic E-state index is 12.2. The summed E-state index contributed by atoms with van der Waals surface area (Å²) < 4.78 is 1.57. The highest BCUT2D eigenvalue weighted by atomic mass is 16.4. The number of hydrogen-bond acceptors (Lipinski definition) is 5. The minimum Gasteiger partial charge on any atom is -0.504 e. The second-order valence-corrected chi connectivity index (χ2v) is 6.74. The van der Waals surface area contributed by atoms with E-state index in [1.807, 2.05) is 24.3 Å². The van der Waals surface area contributed by atoms with Gasteiger partial charge in [-0.15, -0.1) is 0 Å². The van der Waals surface area contributed by atoms with Crippen molar-refractivity contribution in [3.63, 3.8) is 0 Å². The highest BCUT2D eigenvalue weighted by Crippen LogP contribution is 2.32. The van der Waals surface area contributed by atoms with E-state index in [9.17, 15) is 14.7 Å². The van der Waals surface area contributed by atoms with Crippen LogP contribution in [0.25, 0.3) is 11.3 Å². The number of aromatic hydroxyl groups is 1. The first-order chi connectivity index (χ1) is 14.3. The summed E-state index contributed by atoms with van der Waals surface area (Å²) in [5.74, 6) is -1.60. The molecule has 0 unspecified atom stereocenters. The van der Waals surface area contributed by atoms with E-state index < -0.39 is 11.9 Å². The Labute approximate surface area is 173 Å². The number of carboxylic acids is 1. The third-order valence-corrected chi connectivity index (χ3v) is 4.72. The van der Waals surface area contributed by atoms with Crippen LogP contribution in [0.5, 0.6) is 5.75 Å². The summed E-state index contributed by atoms with van der Waals surface area (Å²) in [5, 5.41) is 28.0. The summed E-state index contributed by atoms with van der Waals surface area (Å²) in [6, 6.07) is 13.3. The van der Waals surface area contributed by atoms with Gasteiger partial charge in [-0.25, -0.2) is 10.2 Å². The second-order valence-electron chi connectivity index (χ2n) is 6.74. The van der Waals surface area contributed by atoms with Gasteiger partial charge in [0.2, 0.25) is 0 Å². The largest absolute Gasteiger partial charge is 0.504 e. The molecule has 1 aromatic heterocycles. The number of carboxylic acid groups (broad SMARTS) is 1. The molecule has 0 aliphatic carbocycles. The first-order valence-electron chi connectivity index (χ1n) is 9.35. The predicted molar refractivity (Wildman–Crippen MR) is 113 cm³/mol. The SMILES string of the molecule is CCc1ccc(-c2c(O)c(/C(C)=N\NC(=O)c3ccc(C(=O)O)cc3)nn2C)cc1. The van der Waals surface area contributed by atoms with Crippen molar-refractivity contribution in [2.75, 3.05) is 0 Å². The molecule has 8 heteroatoms. The molecule has 8 nitrogen and oxygen atoms in total. The molecule has 1 heterocycles. The summed E-state index contributed by atoms with van der Waals surface area (Å²) >= 11 is 0. The number of rotatable bonds is 6. The van der Waals surface area contributed by atoms with Crippen LogP contribution in [0.2, 0.25) is 0 Å². The minimum atomic E-state index is -1.07. The highest BCUT2D eigenvalue weighted by Gasteiger charge is 2.19. The quantitative estimate of drug-likeness (QED) is 0.429. The van der Waals surface area contributed by atoms with E-state index in [-0.39, 0.29) is 22.6 Å². The van der Waals surface area contributed by atoms with E-state index >= 15 is 0 Å². The number of nitrogens with zero attached hydrogens (tertiary/aromatic N) is 3. The molecular formula is C22H22N4O4. The van der Waals surface area contributed by atoms with E-state index in [0.717, 1.165) is 12.0 Å². The number of carbonyl (C=O) groups excluding carboxylic acids is 1. The Balaban J connectivity index is 1.80. The van der Waals surface area contributed by atoms with Crippen LogP contribution in [0.4, 0.5) is 0 Å². The van der Waals surface area contributed by atoms with E-state index in [1.54, 1.807) is 18.7 Å². The molecule has 0 aliphatic rings. The Kier molecular flexibility index (Phi) is 5.96. The zero-order valence-electron chi connectivity index (χ0n) is 16.9. The molecule has 0 fully saturated rings. The Morgan fingerprint density at radius 3 is 2.23 bits per heavy atom. The summed E-state index contributed by atoms with van der Waals surface area (Å²) in [6.07, 6.45) is 0.924. The number of carbonyl (C=O) groups is 2. The van der Waals surface area contributed by atoms with Crippen molar-refractivity contribution in [2.24, 2.45) is 12.1 Å². The second kappa shape index (κ2) is 8.60. The van der Waals surface area contributed by atoms with Crippen LogP contribution in [0, 0.1) is 0 Å². The Morgan fingerprint density at radius 1 is 1.07 bits per heavy atom. The average Bonchev–Trinajstić information content (AvgIpc) is 3.05. The summed E-state index contributed by atoms with van der Waals surface area (Å²) in [4.78, 5) is 23.1. The normalized spacial score (nSPS) is 11.4. The summed E-state index contributed by atoms with van der Waals surface area (Å²) in [6.45, 7) is 3.70. The van der Waals surface area contributed by atoms with E-state index in [0.29, 0.717) is 11.4 Å². The van der Waals surface area contributed by atoms with Crippen LogP contribution in [-0.4, -0.2) is 37.6 Å². The lowest BCUT2D eigenvalue weighted by atomic mass is 10.1. The zero-order valence-corrected chi connectivity index (χ0v) is 16.9. The molecule has 0 bridgehead atoms. The lowest BCUT2D eigenvalue weighted by molar-refractivity contribution is 0.0696. The van der Waals surface area contributed by atoms with E-state index in [2.05, 4.69) is 22.5 Å². The number of benzene rings is 2. The van der Waals surface area contributed by atoms with Gasteiger partial charge in [-0.2, -0.15) is 10.2 Å². The van der Waals surface area contributed by atoms with Gasteiger partial charge in [0.25, 0.3) is 5.91 Å². The molecule has 3 aromatic rings. The fourth-order valence-electron chi connectivity index (χ4n) is 2.99. The van der Waals surface area contributed by atoms with Crippen LogP contribution in [0.1, 0.15) is 45.8 Å². The van der Waals surface area contributed by atoms with E-state index in [1.165, 1.54) is 29.8 Å². The number of aryl methyl sites for hydroxylation is 2. The number of hydrogen-bond donors (Lipinski definition) is 3. The number of aromatic carboxylic acids is 1. The number of amides is 1. The maximum Gasteiger partial charge on any atom is 0.335 e. The molecular weight excluding hydrogens is 384 g/mol. The first-order valence-corrected chi connectivity index (χ1v) is 9.35. The molecule has 1 amide bonds. The van der Waals surface area contributed by atoms with Crippen molar-refractivity contribution in [1.82, 2.24) is 15.2 Å². The highest BCUT2D eigenvalue weighted by molar-refractivity contribution is 6.02. The summed E-state index contributed by atoms with van der Waals surface area (Å²) in [5.41, 5.74) is 5.90. The van der Waals surface area contributed by atoms with Crippen molar-refractivity contribution in [1.29, 1.82) is 0 Å². The topological polar surface area (TPSA) is 117 Å². The smallest absolute Gasteiger partial charge is 0.335 e. The van der Waals surface area contributed by atoms with Crippen LogP contribution >= 0.6 is 0 Å². The molecule has 0 spiro atoms. The third kappa shape index (κ3) is 4.22. The van der Waals surface area contributed by atoms with Gasteiger partial charge in [-0.1, -0.05) is 31.2 Å². The van der Waals surface area contributed by atoms with Gasteiger partial charge >= 0.3 is 5.97 Å². The zero-order chi connectivity index (χ0) is 21.8. The molecule has 0 saturated heterocycles. The Morgan fingerprint density at radius 2 is 1.67 bits per heavy atom. The lowest BCUT2D eigenvalue weighted by Gasteiger charge is -2.04. The van der Waals surface area contributed by atoms with Crippen molar-refractivity contribution in [3.05, 3.63) is 70.9 Å². The molecule has 3 N–H and O–H groups in total. The van der Waals surface area contributed by atoms with Crippen molar-refractivity contribution >= 4 is 17.6 Å².